The lowest BCUT2D eigenvalue weighted by Gasteiger charge is -2.13. The first kappa shape index (κ1) is 21.9. The first-order chi connectivity index (χ1) is 14.8. The van der Waals surface area contributed by atoms with E-state index in [1.165, 1.54) is 44.0 Å². The molecule has 0 radical (unpaired) electrons. The van der Waals surface area contributed by atoms with Crippen molar-refractivity contribution >= 4 is 17.1 Å². The SMILES string of the molecule is C/C=C\c1ccc(OCc2nc3ccccc3n2CCCCCCCC)c(OC)c1. The van der Waals surface area contributed by atoms with E-state index in [0.29, 0.717) is 6.61 Å². The Balaban J connectivity index is 1.72. The average molecular weight is 407 g/mol. The topological polar surface area (TPSA) is 36.3 Å². The molecule has 1 aromatic heterocycles. The number of hydrogen-bond acceptors (Lipinski definition) is 3. The molecule has 4 heteroatoms. The maximum atomic E-state index is 6.14. The summed E-state index contributed by atoms with van der Waals surface area (Å²) in [6.07, 6.45) is 11.7. The fourth-order valence-corrected chi connectivity index (χ4v) is 3.78. The van der Waals surface area contributed by atoms with Crippen molar-refractivity contribution < 1.29 is 9.47 Å². The molecule has 0 bridgehead atoms. The zero-order chi connectivity index (χ0) is 21.2. The van der Waals surface area contributed by atoms with Gasteiger partial charge in [-0.25, -0.2) is 4.98 Å². The van der Waals surface area contributed by atoms with Crippen molar-refractivity contribution in [1.82, 2.24) is 9.55 Å². The summed E-state index contributed by atoms with van der Waals surface area (Å²) in [6.45, 7) is 5.66. The van der Waals surface area contributed by atoms with E-state index in [-0.39, 0.29) is 0 Å². The van der Waals surface area contributed by atoms with E-state index in [2.05, 4.69) is 29.7 Å². The third kappa shape index (κ3) is 5.65. The number of para-hydroxylation sites is 2. The fourth-order valence-electron chi connectivity index (χ4n) is 3.78. The second kappa shape index (κ2) is 11.4. The van der Waals surface area contributed by atoms with Gasteiger partial charge in [0, 0.05) is 6.54 Å². The van der Waals surface area contributed by atoms with E-state index < -0.39 is 0 Å². The number of fused-ring (bicyclic) bond motifs is 1. The van der Waals surface area contributed by atoms with Gasteiger partial charge in [-0.05, 0) is 43.2 Å². The predicted octanol–water partition coefficient (Wildman–Crippen LogP) is 7.02. The number of imidazole rings is 1. The summed E-state index contributed by atoms with van der Waals surface area (Å²) in [5, 5.41) is 0. The molecule has 0 saturated carbocycles. The summed E-state index contributed by atoms with van der Waals surface area (Å²) in [7, 11) is 1.68. The van der Waals surface area contributed by atoms with Crippen molar-refractivity contribution in [3.8, 4) is 11.5 Å². The molecule has 0 saturated heterocycles. The zero-order valence-electron chi connectivity index (χ0n) is 18.6. The number of aromatic nitrogens is 2. The number of aryl methyl sites for hydroxylation is 1. The Morgan fingerprint density at radius 2 is 1.77 bits per heavy atom. The van der Waals surface area contributed by atoms with Gasteiger partial charge in [0.05, 0.1) is 18.1 Å². The van der Waals surface area contributed by atoms with E-state index in [1.807, 2.05) is 43.3 Å². The Hall–Kier alpha value is -2.75. The van der Waals surface area contributed by atoms with Gasteiger partial charge in [-0.1, -0.05) is 69.4 Å². The molecule has 0 aliphatic rings. The molecule has 3 aromatic rings. The highest BCUT2D eigenvalue weighted by Gasteiger charge is 2.12. The fraction of sp³-hybridized carbons (Fsp3) is 0.423. The molecule has 4 nitrogen and oxygen atoms in total. The smallest absolute Gasteiger partial charge is 0.161 e. The van der Waals surface area contributed by atoms with Crippen molar-refractivity contribution in [2.45, 2.75) is 65.5 Å². The van der Waals surface area contributed by atoms with Gasteiger partial charge < -0.3 is 14.0 Å². The minimum absolute atomic E-state index is 0.420. The zero-order valence-corrected chi connectivity index (χ0v) is 18.6. The maximum Gasteiger partial charge on any atom is 0.161 e. The van der Waals surface area contributed by atoms with E-state index in [4.69, 9.17) is 14.5 Å². The predicted molar refractivity (Wildman–Crippen MR) is 125 cm³/mol. The molecule has 2 aromatic carbocycles. The average Bonchev–Trinajstić information content (AvgIpc) is 3.13. The molecule has 0 spiro atoms. The highest BCUT2D eigenvalue weighted by molar-refractivity contribution is 5.75. The van der Waals surface area contributed by atoms with Gasteiger partial charge in [0.2, 0.25) is 0 Å². The summed E-state index contributed by atoms with van der Waals surface area (Å²) >= 11 is 0. The summed E-state index contributed by atoms with van der Waals surface area (Å²) in [5.41, 5.74) is 3.30. The molecule has 0 aliphatic carbocycles. The number of methoxy groups -OCH3 is 1. The first-order valence-electron chi connectivity index (χ1n) is 11.1. The molecule has 0 fully saturated rings. The van der Waals surface area contributed by atoms with Crippen molar-refractivity contribution in [2.24, 2.45) is 0 Å². The van der Waals surface area contributed by atoms with E-state index >= 15 is 0 Å². The van der Waals surface area contributed by atoms with Gasteiger partial charge in [0.15, 0.2) is 11.5 Å². The van der Waals surface area contributed by atoms with Gasteiger partial charge in [-0.2, -0.15) is 0 Å². The Morgan fingerprint density at radius 3 is 2.57 bits per heavy atom. The standard InChI is InChI=1S/C26H34N2O2/c1-4-6-7-8-9-12-18-28-23-15-11-10-14-22(23)27-26(28)20-30-24-17-16-21(13-5-2)19-25(24)29-3/h5,10-11,13-17,19H,4,6-9,12,18,20H2,1-3H3/b13-5-. The van der Waals surface area contributed by atoms with E-state index in [9.17, 15) is 0 Å². The second-order valence-electron chi connectivity index (χ2n) is 7.64. The Bertz CT molecular complexity index is 959. The molecule has 0 atom stereocenters. The number of hydrogen-bond donors (Lipinski definition) is 0. The molecule has 0 aliphatic heterocycles. The molecule has 1 heterocycles. The number of rotatable bonds is 12. The van der Waals surface area contributed by atoms with Crippen LogP contribution in [-0.2, 0) is 13.2 Å². The molecule has 3 rings (SSSR count). The van der Waals surface area contributed by atoms with E-state index in [0.717, 1.165) is 34.9 Å². The van der Waals surface area contributed by atoms with E-state index in [1.54, 1.807) is 7.11 Å². The lowest BCUT2D eigenvalue weighted by Crippen LogP contribution is -2.08. The lowest BCUT2D eigenvalue weighted by atomic mass is 10.1. The third-order valence-corrected chi connectivity index (χ3v) is 5.37. The normalized spacial score (nSPS) is 11.4. The minimum atomic E-state index is 0.420. The van der Waals surface area contributed by atoms with Crippen LogP contribution < -0.4 is 9.47 Å². The van der Waals surface area contributed by atoms with Crippen LogP contribution in [0.15, 0.2) is 48.5 Å². The molecular formula is C26H34N2O2. The number of unbranched alkanes of at least 4 members (excludes halogenated alkanes) is 5. The molecule has 0 N–H and O–H groups in total. The highest BCUT2D eigenvalue weighted by Crippen LogP contribution is 2.29. The van der Waals surface area contributed by atoms with Crippen LogP contribution in [0.3, 0.4) is 0 Å². The molecule has 30 heavy (non-hydrogen) atoms. The van der Waals surface area contributed by atoms with Gasteiger partial charge >= 0.3 is 0 Å². The maximum absolute atomic E-state index is 6.14. The van der Waals surface area contributed by atoms with Gasteiger partial charge in [0.25, 0.3) is 0 Å². The first-order valence-corrected chi connectivity index (χ1v) is 11.1. The summed E-state index contributed by atoms with van der Waals surface area (Å²) in [4.78, 5) is 4.84. The third-order valence-electron chi connectivity index (χ3n) is 5.37. The number of benzene rings is 2. The quantitative estimate of drug-likeness (QED) is 0.303. The van der Waals surface area contributed by atoms with Gasteiger partial charge in [-0.15, -0.1) is 0 Å². The Labute approximate surface area is 180 Å². The molecule has 0 unspecified atom stereocenters. The van der Waals surface area contributed by atoms with Crippen LogP contribution in [0.25, 0.3) is 17.1 Å². The number of ether oxygens (including phenoxy) is 2. The minimum Gasteiger partial charge on any atom is -0.493 e. The molecular weight excluding hydrogens is 372 g/mol. The summed E-state index contributed by atoms with van der Waals surface area (Å²) in [6, 6.07) is 14.3. The number of nitrogens with zero attached hydrogens (tertiary/aromatic N) is 2. The van der Waals surface area contributed by atoms with Crippen LogP contribution in [-0.4, -0.2) is 16.7 Å². The number of allylic oxidation sites excluding steroid dienone is 1. The van der Waals surface area contributed by atoms with Crippen molar-refractivity contribution in [3.63, 3.8) is 0 Å². The van der Waals surface area contributed by atoms with Crippen LogP contribution in [0.1, 0.15) is 63.8 Å². The van der Waals surface area contributed by atoms with Crippen LogP contribution in [0.5, 0.6) is 11.5 Å². The van der Waals surface area contributed by atoms with Crippen molar-refractivity contribution in [3.05, 3.63) is 59.9 Å². The Kier molecular flexibility index (Phi) is 8.37. The molecule has 160 valence electrons. The van der Waals surface area contributed by atoms with Crippen LogP contribution in [0, 0.1) is 0 Å². The van der Waals surface area contributed by atoms with Crippen molar-refractivity contribution in [1.29, 1.82) is 0 Å². The van der Waals surface area contributed by atoms with Crippen LogP contribution in [0.2, 0.25) is 0 Å². The monoisotopic (exact) mass is 406 g/mol. The highest BCUT2D eigenvalue weighted by atomic mass is 16.5. The van der Waals surface area contributed by atoms with Gasteiger partial charge in [-0.3, -0.25) is 0 Å². The van der Waals surface area contributed by atoms with Crippen LogP contribution in [0.4, 0.5) is 0 Å². The summed E-state index contributed by atoms with van der Waals surface area (Å²) in [5.74, 6) is 2.44. The second-order valence-corrected chi connectivity index (χ2v) is 7.64. The molecule has 0 amide bonds. The summed E-state index contributed by atoms with van der Waals surface area (Å²) < 4.78 is 14.0. The van der Waals surface area contributed by atoms with Crippen molar-refractivity contribution in [2.75, 3.05) is 7.11 Å². The largest absolute Gasteiger partial charge is 0.493 e. The van der Waals surface area contributed by atoms with Gasteiger partial charge in [0.1, 0.15) is 12.4 Å². The van der Waals surface area contributed by atoms with Crippen LogP contribution >= 0.6 is 0 Å². The Morgan fingerprint density at radius 1 is 0.967 bits per heavy atom. The lowest BCUT2D eigenvalue weighted by molar-refractivity contribution is 0.271.